The lowest BCUT2D eigenvalue weighted by atomic mass is 9.83. The normalized spacial score (nSPS) is 17.2. The third-order valence-electron chi connectivity index (χ3n) is 7.51. The number of anilines is 2. The van der Waals surface area contributed by atoms with Crippen molar-refractivity contribution in [1.82, 2.24) is 0 Å². The third kappa shape index (κ3) is 7.00. The molecule has 0 aliphatic carbocycles. The Morgan fingerprint density at radius 3 is 1.85 bits per heavy atom. The van der Waals surface area contributed by atoms with E-state index in [2.05, 4.69) is 5.32 Å². The fourth-order valence-electron chi connectivity index (χ4n) is 5.51. The summed E-state index contributed by atoms with van der Waals surface area (Å²) < 4.78 is 115. The summed E-state index contributed by atoms with van der Waals surface area (Å²) in [7, 11) is 0. The van der Waals surface area contributed by atoms with E-state index in [-0.39, 0.29) is 41.2 Å². The number of ether oxygens (including phenoxy) is 1. The van der Waals surface area contributed by atoms with E-state index in [9.17, 15) is 39.9 Å². The second kappa shape index (κ2) is 12.9. The second-order valence-electron chi connectivity index (χ2n) is 10.5. The molecule has 0 bridgehead atoms. The van der Waals surface area contributed by atoms with Crippen LogP contribution >= 0.6 is 0 Å². The highest BCUT2D eigenvalue weighted by Crippen LogP contribution is 2.49. The molecule has 1 aliphatic heterocycles. The van der Waals surface area contributed by atoms with Gasteiger partial charge in [-0.15, -0.1) is 0 Å². The van der Waals surface area contributed by atoms with E-state index in [1.165, 1.54) is 60.7 Å². The molecule has 4 aromatic carbocycles. The number of benzene rings is 4. The van der Waals surface area contributed by atoms with Gasteiger partial charge in [0.25, 0.3) is 0 Å². The molecule has 1 aliphatic rings. The second-order valence-corrected chi connectivity index (χ2v) is 10.5. The number of carbonyl (C=O) groups excluding carboxylic acids is 1. The first-order valence-corrected chi connectivity index (χ1v) is 14.1. The van der Waals surface area contributed by atoms with Gasteiger partial charge in [-0.1, -0.05) is 36.4 Å². The molecule has 0 amide bonds. The number of halogens is 8. The highest BCUT2D eigenvalue weighted by Gasteiger charge is 2.43. The van der Waals surface area contributed by atoms with Gasteiger partial charge < -0.3 is 15.0 Å². The number of alkyl halides is 6. The monoisotopic (exact) mass is 646 g/mol. The molecule has 2 atom stereocenters. The molecule has 0 radical (unpaired) electrons. The van der Waals surface area contributed by atoms with Gasteiger partial charge in [0.05, 0.1) is 35.4 Å². The summed E-state index contributed by atoms with van der Waals surface area (Å²) in [6.45, 7) is 1.49. The van der Waals surface area contributed by atoms with E-state index >= 15 is 0 Å². The quantitative estimate of drug-likeness (QED) is 0.160. The number of esters is 1. The summed E-state index contributed by atoms with van der Waals surface area (Å²) in [5, 5.41) is 3.04. The van der Waals surface area contributed by atoms with Crippen molar-refractivity contribution >= 4 is 17.3 Å². The van der Waals surface area contributed by atoms with Gasteiger partial charge in [0.2, 0.25) is 0 Å². The van der Waals surface area contributed by atoms with Crippen molar-refractivity contribution in [3.05, 3.63) is 142 Å². The van der Waals surface area contributed by atoms with E-state index in [1.54, 1.807) is 11.8 Å². The standard InChI is InChI=1S/C34H26F8N2O2/c1-2-46-32(45)30-28(43-26-7-3-5-24(35)17-26)19-29(20-9-13-22(14-10-20)33(37,38)39)44(27-8-4-6-25(36)18-27)31(30)21-11-15-23(16-12-21)34(40,41)42/h3-18,29,31,43H,2,19H2,1H3. The SMILES string of the molecule is CCOC(=O)C1=C(Nc2cccc(F)c2)CC(c2ccc(C(F)(F)F)cc2)N(c2cccc(F)c2)C1c1ccc(C(F)(F)F)cc1. The van der Waals surface area contributed by atoms with Crippen LogP contribution in [0.5, 0.6) is 0 Å². The molecule has 0 aromatic heterocycles. The van der Waals surface area contributed by atoms with Crippen LogP contribution in [0.2, 0.25) is 0 Å². The van der Waals surface area contributed by atoms with Gasteiger partial charge in [0.15, 0.2) is 0 Å². The first-order chi connectivity index (χ1) is 21.8. The molecular weight excluding hydrogens is 620 g/mol. The molecular formula is C34H26F8N2O2. The summed E-state index contributed by atoms with van der Waals surface area (Å²) in [5.41, 5.74) is -0.807. The average Bonchev–Trinajstić information content (AvgIpc) is 3.00. The number of nitrogens with one attached hydrogen (secondary N) is 1. The zero-order valence-electron chi connectivity index (χ0n) is 24.1. The van der Waals surface area contributed by atoms with Crippen LogP contribution in [0.1, 0.15) is 47.7 Å². The van der Waals surface area contributed by atoms with Gasteiger partial charge in [-0.25, -0.2) is 13.6 Å². The molecule has 12 heteroatoms. The molecule has 1 N–H and O–H groups in total. The van der Waals surface area contributed by atoms with Crippen LogP contribution in [0.3, 0.4) is 0 Å². The maximum atomic E-state index is 14.7. The predicted molar refractivity (Wildman–Crippen MR) is 156 cm³/mol. The van der Waals surface area contributed by atoms with Crippen molar-refractivity contribution in [2.45, 2.75) is 37.8 Å². The van der Waals surface area contributed by atoms with Crippen LogP contribution in [0, 0.1) is 11.6 Å². The molecule has 0 saturated carbocycles. The van der Waals surface area contributed by atoms with Crippen LogP contribution in [0.15, 0.2) is 108 Å². The maximum Gasteiger partial charge on any atom is 0.416 e. The number of nitrogens with zero attached hydrogens (tertiary/aromatic N) is 1. The van der Waals surface area contributed by atoms with Gasteiger partial charge in [0.1, 0.15) is 11.6 Å². The third-order valence-corrected chi connectivity index (χ3v) is 7.51. The summed E-state index contributed by atoms with van der Waals surface area (Å²) in [4.78, 5) is 15.3. The minimum atomic E-state index is -4.67. The first kappa shape index (κ1) is 32.5. The van der Waals surface area contributed by atoms with Crippen molar-refractivity contribution < 1.29 is 44.7 Å². The summed E-state index contributed by atoms with van der Waals surface area (Å²) in [6.07, 6.45) is -9.39. The fourth-order valence-corrected chi connectivity index (χ4v) is 5.51. The van der Waals surface area contributed by atoms with Crippen LogP contribution in [0.4, 0.5) is 46.5 Å². The number of carbonyl (C=O) groups is 1. The predicted octanol–water partition coefficient (Wildman–Crippen LogP) is 9.62. The number of hydrogen-bond acceptors (Lipinski definition) is 4. The highest BCUT2D eigenvalue weighted by molar-refractivity contribution is 5.93. The number of rotatable bonds is 7. The summed E-state index contributed by atoms with van der Waals surface area (Å²) in [5.74, 6) is -2.11. The Kier molecular flexibility index (Phi) is 9.09. The van der Waals surface area contributed by atoms with Crippen molar-refractivity contribution in [2.24, 2.45) is 0 Å². The van der Waals surface area contributed by atoms with Crippen molar-refractivity contribution in [1.29, 1.82) is 0 Å². The molecule has 4 nitrogen and oxygen atoms in total. The Labute approximate surface area is 258 Å². The lowest BCUT2D eigenvalue weighted by Gasteiger charge is -2.46. The molecule has 4 aromatic rings. The lowest BCUT2D eigenvalue weighted by molar-refractivity contribution is -0.139. The van der Waals surface area contributed by atoms with Crippen molar-refractivity contribution in [2.75, 3.05) is 16.8 Å². The lowest BCUT2D eigenvalue weighted by Crippen LogP contribution is -2.42. The Hall–Kier alpha value is -4.87. The van der Waals surface area contributed by atoms with E-state index in [0.29, 0.717) is 5.56 Å². The maximum absolute atomic E-state index is 14.7. The fraction of sp³-hybridized carbons (Fsp3) is 0.206. The molecule has 240 valence electrons. The molecule has 1 heterocycles. The van der Waals surface area contributed by atoms with Crippen LogP contribution in [-0.2, 0) is 21.9 Å². The highest BCUT2D eigenvalue weighted by atomic mass is 19.4. The Morgan fingerprint density at radius 1 is 0.783 bits per heavy atom. The minimum absolute atomic E-state index is 0.0571. The zero-order chi connectivity index (χ0) is 33.2. The first-order valence-electron chi connectivity index (χ1n) is 14.1. The van der Waals surface area contributed by atoms with Crippen molar-refractivity contribution in [3.63, 3.8) is 0 Å². The molecule has 46 heavy (non-hydrogen) atoms. The zero-order valence-corrected chi connectivity index (χ0v) is 24.1. The van der Waals surface area contributed by atoms with E-state index < -0.39 is 53.2 Å². The largest absolute Gasteiger partial charge is 0.463 e. The molecule has 0 spiro atoms. The van der Waals surface area contributed by atoms with Crippen molar-refractivity contribution in [3.8, 4) is 0 Å². The summed E-state index contributed by atoms with van der Waals surface area (Å²) >= 11 is 0. The number of hydrogen-bond donors (Lipinski definition) is 1. The topological polar surface area (TPSA) is 41.6 Å². The molecule has 5 rings (SSSR count). The molecule has 2 unspecified atom stereocenters. The van der Waals surface area contributed by atoms with E-state index in [1.807, 2.05) is 0 Å². The smallest absolute Gasteiger partial charge is 0.416 e. The summed E-state index contributed by atoms with van der Waals surface area (Å²) in [6, 6.07) is 16.7. The Balaban J connectivity index is 1.79. The average molecular weight is 647 g/mol. The molecule has 0 fully saturated rings. The van der Waals surface area contributed by atoms with Gasteiger partial charge in [-0.3, -0.25) is 0 Å². The van der Waals surface area contributed by atoms with Crippen LogP contribution in [0.25, 0.3) is 0 Å². The van der Waals surface area contributed by atoms with Gasteiger partial charge in [-0.05, 0) is 78.7 Å². The van der Waals surface area contributed by atoms with E-state index in [0.717, 1.165) is 36.4 Å². The Morgan fingerprint density at radius 2 is 1.33 bits per heavy atom. The molecule has 0 saturated heterocycles. The van der Waals surface area contributed by atoms with Gasteiger partial charge >= 0.3 is 18.3 Å². The van der Waals surface area contributed by atoms with Gasteiger partial charge in [0, 0.05) is 23.5 Å². The Bertz CT molecular complexity index is 1730. The van der Waals surface area contributed by atoms with Crippen LogP contribution < -0.4 is 10.2 Å². The van der Waals surface area contributed by atoms with Gasteiger partial charge in [-0.2, -0.15) is 26.3 Å². The van der Waals surface area contributed by atoms with E-state index in [4.69, 9.17) is 4.74 Å². The van der Waals surface area contributed by atoms with Crippen LogP contribution in [-0.4, -0.2) is 12.6 Å². The minimum Gasteiger partial charge on any atom is -0.463 e.